The van der Waals surface area contributed by atoms with Crippen LogP contribution in [0, 0.1) is 0 Å². The first-order valence-corrected chi connectivity index (χ1v) is 7.96. The topological polar surface area (TPSA) is 77.7 Å². The zero-order chi connectivity index (χ0) is 15.5. The van der Waals surface area contributed by atoms with Crippen LogP contribution in [0.5, 0.6) is 0 Å². The lowest BCUT2D eigenvalue weighted by Crippen LogP contribution is -2.48. The standard InChI is InChI=1S/C15H23N3O4/c1-10(2)14-16-13(17-22-14)11-4-3-5-18(8-11)15(19)12-9-20-6-7-21-12/h10-12H,3-9H2,1-2H3/t11-,12-/m1/s1. The van der Waals surface area contributed by atoms with E-state index in [1.54, 1.807) is 0 Å². The molecule has 1 aromatic rings. The van der Waals surface area contributed by atoms with Gasteiger partial charge in [-0.15, -0.1) is 0 Å². The van der Waals surface area contributed by atoms with Gasteiger partial charge in [0.15, 0.2) is 11.9 Å². The molecule has 2 aliphatic rings. The van der Waals surface area contributed by atoms with Gasteiger partial charge in [0.05, 0.1) is 19.8 Å². The van der Waals surface area contributed by atoms with Crippen molar-refractivity contribution in [1.29, 1.82) is 0 Å². The molecule has 3 rings (SSSR count). The third-order valence-corrected chi connectivity index (χ3v) is 4.14. The molecule has 2 aliphatic heterocycles. The number of carbonyl (C=O) groups excluding carboxylic acids is 1. The molecule has 3 heterocycles. The van der Waals surface area contributed by atoms with Crippen LogP contribution in [0.1, 0.15) is 50.2 Å². The molecule has 1 amide bonds. The van der Waals surface area contributed by atoms with Gasteiger partial charge in [-0.3, -0.25) is 4.79 Å². The van der Waals surface area contributed by atoms with Gasteiger partial charge >= 0.3 is 0 Å². The maximum absolute atomic E-state index is 12.5. The summed E-state index contributed by atoms with van der Waals surface area (Å²) in [5.41, 5.74) is 0. The Morgan fingerprint density at radius 1 is 1.36 bits per heavy atom. The number of piperidine rings is 1. The average molecular weight is 309 g/mol. The molecule has 0 bridgehead atoms. The van der Waals surface area contributed by atoms with Crippen molar-refractivity contribution in [3.05, 3.63) is 11.7 Å². The van der Waals surface area contributed by atoms with E-state index in [-0.39, 0.29) is 17.7 Å². The summed E-state index contributed by atoms with van der Waals surface area (Å²) in [7, 11) is 0. The Morgan fingerprint density at radius 3 is 2.91 bits per heavy atom. The zero-order valence-corrected chi connectivity index (χ0v) is 13.2. The van der Waals surface area contributed by atoms with E-state index in [0.29, 0.717) is 38.1 Å². The molecule has 0 N–H and O–H groups in total. The van der Waals surface area contributed by atoms with Gasteiger partial charge in [0.1, 0.15) is 0 Å². The van der Waals surface area contributed by atoms with Crippen molar-refractivity contribution in [1.82, 2.24) is 15.0 Å². The molecule has 22 heavy (non-hydrogen) atoms. The first kappa shape index (κ1) is 15.4. The summed E-state index contributed by atoms with van der Waals surface area (Å²) >= 11 is 0. The smallest absolute Gasteiger partial charge is 0.254 e. The third-order valence-electron chi connectivity index (χ3n) is 4.14. The highest BCUT2D eigenvalue weighted by Crippen LogP contribution is 2.26. The maximum Gasteiger partial charge on any atom is 0.254 e. The number of nitrogens with zero attached hydrogens (tertiary/aromatic N) is 3. The minimum atomic E-state index is -0.469. The van der Waals surface area contributed by atoms with Crippen LogP contribution >= 0.6 is 0 Å². The third kappa shape index (κ3) is 3.30. The maximum atomic E-state index is 12.5. The van der Waals surface area contributed by atoms with E-state index >= 15 is 0 Å². The summed E-state index contributed by atoms with van der Waals surface area (Å²) in [6.07, 6.45) is 1.45. The van der Waals surface area contributed by atoms with Crippen molar-refractivity contribution in [3.63, 3.8) is 0 Å². The molecule has 2 atom stereocenters. The summed E-state index contributed by atoms with van der Waals surface area (Å²) in [5, 5.41) is 4.09. The molecule has 0 unspecified atom stereocenters. The molecule has 7 heteroatoms. The molecule has 7 nitrogen and oxygen atoms in total. The van der Waals surface area contributed by atoms with Crippen molar-refractivity contribution >= 4 is 5.91 Å². The summed E-state index contributed by atoms with van der Waals surface area (Å²) in [6.45, 7) is 6.81. The van der Waals surface area contributed by atoms with E-state index in [2.05, 4.69) is 10.1 Å². The monoisotopic (exact) mass is 309 g/mol. The van der Waals surface area contributed by atoms with Crippen molar-refractivity contribution < 1.29 is 18.8 Å². The molecule has 0 aliphatic carbocycles. The average Bonchev–Trinajstić information content (AvgIpc) is 3.05. The first-order chi connectivity index (χ1) is 10.6. The van der Waals surface area contributed by atoms with Crippen LogP contribution in [0.25, 0.3) is 0 Å². The molecule has 0 spiro atoms. The van der Waals surface area contributed by atoms with Crippen molar-refractivity contribution in [3.8, 4) is 0 Å². The minimum absolute atomic E-state index is 0.0111. The van der Waals surface area contributed by atoms with Gasteiger partial charge in [-0.2, -0.15) is 4.98 Å². The minimum Gasteiger partial charge on any atom is -0.376 e. The fraction of sp³-hybridized carbons (Fsp3) is 0.800. The fourth-order valence-corrected chi connectivity index (χ4v) is 2.87. The number of rotatable bonds is 3. The van der Waals surface area contributed by atoms with Crippen LogP contribution < -0.4 is 0 Å². The molecule has 0 aromatic carbocycles. The highest BCUT2D eigenvalue weighted by Gasteiger charge is 2.33. The lowest BCUT2D eigenvalue weighted by molar-refractivity contribution is -0.159. The Hall–Kier alpha value is -1.47. The molecule has 1 aromatic heterocycles. The van der Waals surface area contributed by atoms with Crippen LogP contribution in [0.15, 0.2) is 4.52 Å². The Bertz CT molecular complexity index is 511. The van der Waals surface area contributed by atoms with E-state index in [1.165, 1.54) is 0 Å². The molecule has 0 saturated carbocycles. The second-order valence-corrected chi connectivity index (χ2v) is 6.20. The van der Waals surface area contributed by atoms with Crippen molar-refractivity contribution in [2.75, 3.05) is 32.9 Å². The second-order valence-electron chi connectivity index (χ2n) is 6.20. The molecule has 122 valence electrons. The zero-order valence-electron chi connectivity index (χ0n) is 13.2. The van der Waals surface area contributed by atoms with Gasteiger partial charge in [0.25, 0.3) is 5.91 Å². The van der Waals surface area contributed by atoms with E-state index < -0.39 is 6.10 Å². The van der Waals surface area contributed by atoms with Crippen molar-refractivity contribution in [2.24, 2.45) is 0 Å². The summed E-state index contributed by atoms with van der Waals surface area (Å²) < 4.78 is 16.1. The van der Waals surface area contributed by atoms with Gasteiger partial charge in [-0.25, -0.2) is 0 Å². The lowest BCUT2D eigenvalue weighted by atomic mass is 9.97. The highest BCUT2D eigenvalue weighted by atomic mass is 16.6. The number of aromatic nitrogens is 2. The van der Waals surface area contributed by atoms with Gasteiger partial charge < -0.3 is 18.9 Å². The van der Waals surface area contributed by atoms with Gasteiger partial charge in [-0.1, -0.05) is 19.0 Å². The predicted molar refractivity (Wildman–Crippen MR) is 77.5 cm³/mol. The number of likely N-dealkylation sites (tertiary alicyclic amines) is 1. The Balaban J connectivity index is 1.64. The second kappa shape index (κ2) is 6.75. The Labute approximate surface area is 129 Å². The van der Waals surface area contributed by atoms with Gasteiger partial charge in [0, 0.05) is 24.9 Å². The summed E-state index contributed by atoms with van der Waals surface area (Å²) in [6, 6.07) is 0. The van der Waals surface area contributed by atoms with Crippen LogP contribution in [0.4, 0.5) is 0 Å². The van der Waals surface area contributed by atoms with Gasteiger partial charge in [0.2, 0.25) is 5.89 Å². The van der Waals surface area contributed by atoms with Crippen LogP contribution in [0.3, 0.4) is 0 Å². The largest absolute Gasteiger partial charge is 0.376 e. The summed E-state index contributed by atoms with van der Waals surface area (Å²) in [4.78, 5) is 18.8. The summed E-state index contributed by atoms with van der Waals surface area (Å²) in [5.74, 6) is 1.73. The molecule has 0 radical (unpaired) electrons. The van der Waals surface area contributed by atoms with Crippen LogP contribution in [-0.4, -0.2) is 60.0 Å². The van der Waals surface area contributed by atoms with Crippen LogP contribution in [0.2, 0.25) is 0 Å². The molecular formula is C15H23N3O4. The lowest BCUT2D eigenvalue weighted by Gasteiger charge is -2.34. The fourth-order valence-electron chi connectivity index (χ4n) is 2.87. The van der Waals surface area contributed by atoms with Crippen LogP contribution in [-0.2, 0) is 14.3 Å². The van der Waals surface area contributed by atoms with E-state index in [0.717, 1.165) is 19.4 Å². The SMILES string of the molecule is CC(C)c1nc([C@@H]2CCCN(C(=O)[C@H]3COCCO3)C2)no1. The number of hydrogen-bond donors (Lipinski definition) is 0. The predicted octanol–water partition coefficient (Wildman–Crippen LogP) is 1.31. The number of hydrogen-bond acceptors (Lipinski definition) is 6. The van der Waals surface area contributed by atoms with Gasteiger partial charge in [-0.05, 0) is 12.8 Å². The number of carbonyl (C=O) groups is 1. The van der Waals surface area contributed by atoms with E-state index in [9.17, 15) is 4.79 Å². The number of ether oxygens (including phenoxy) is 2. The first-order valence-electron chi connectivity index (χ1n) is 7.96. The van der Waals surface area contributed by atoms with Crippen molar-refractivity contribution in [2.45, 2.75) is 44.6 Å². The Kier molecular flexibility index (Phi) is 4.73. The number of amides is 1. The quantitative estimate of drug-likeness (QED) is 0.838. The molecular weight excluding hydrogens is 286 g/mol. The highest BCUT2D eigenvalue weighted by molar-refractivity contribution is 5.81. The molecule has 2 fully saturated rings. The Morgan fingerprint density at radius 2 is 2.23 bits per heavy atom. The van der Waals surface area contributed by atoms with E-state index in [4.69, 9.17) is 14.0 Å². The van der Waals surface area contributed by atoms with E-state index in [1.807, 2.05) is 18.7 Å². The molecule has 2 saturated heterocycles. The normalized spacial score (nSPS) is 26.4.